The molecule has 2 aliphatic heterocycles. The van der Waals surface area contributed by atoms with Crippen LogP contribution >= 0.6 is 11.3 Å². The van der Waals surface area contributed by atoms with Crippen molar-refractivity contribution >= 4 is 40.0 Å². The Balaban J connectivity index is 1.96. The van der Waals surface area contributed by atoms with Gasteiger partial charge in [-0.3, -0.25) is 29.4 Å². The minimum absolute atomic E-state index is 0.104. The number of imide groups is 2. The fourth-order valence-corrected chi connectivity index (χ4v) is 3.83. The van der Waals surface area contributed by atoms with Crippen molar-refractivity contribution in [1.29, 1.82) is 0 Å². The Morgan fingerprint density at radius 2 is 2.04 bits per heavy atom. The monoisotopic (exact) mass is 335 g/mol. The molecule has 7 nitrogen and oxygen atoms in total. The van der Waals surface area contributed by atoms with Crippen LogP contribution in [0.15, 0.2) is 5.38 Å². The smallest absolute Gasteiger partial charge is 0.265 e. The van der Waals surface area contributed by atoms with E-state index in [4.69, 9.17) is 0 Å². The third kappa shape index (κ3) is 2.24. The summed E-state index contributed by atoms with van der Waals surface area (Å²) in [6, 6.07) is 0. The zero-order valence-corrected chi connectivity index (χ0v) is 13.7. The first kappa shape index (κ1) is 15.7. The molecule has 23 heavy (non-hydrogen) atoms. The maximum absolute atomic E-state index is 12.8. The molecule has 3 rings (SSSR count). The number of hydrogen-bond donors (Lipinski definition) is 2. The molecule has 0 unspecified atom stereocenters. The molecule has 4 amide bonds. The van der Waals surface area contributed by atoms with Crippen molar-refractivity contribution in [2.75, 3.05) is 11.9 Å². The Morgan fingerprint density at radius 1 is 1.30 bits per heavy atom. The van der Waals surface area contributed by atoms with Gasteiger partial charge in [0.2, 0.25) is 5.91 Å². The van der Waals surface area contributed by atoms with Crippen molar-refractivity contribution in [3.05, 3.63) is 16.5 Å². The van der Waals surface area contributed by atoms with Crippen LogP contribution in [0.4, 0.5) is 5.00 Å². The highest BCUT2D eigenvalue weighted by Gasteiger charge is 2.53. The van der Waals surface area contributed by atoms with E-state index in [-0.39, 0.29) is 18.7 Å². The van der Waals surface area contributed by atoms with Crippen LogP contribution in [0.3, 0.4) is 0 Å². The van der Waals surface area contributed by atoms with E-state index < -0.39 is 23.3 Å². The van der Waals surface area contributed by atoms with E-state index in [2.05, 4.69) is 10.6 Å². The van der Waals surface area contributed by atoms with Gasteiger partial charge in [0, 0.05) is 18.3 Å². The molecule has 0 spiro atoms. The minimum Gasteiger partial charge on any atom is -0.376 e. The van der Waals surface area contributed by atoms with Gasteiger partial charge in [-0.05, 0) is 19.8 Å². The molecule has 1 saturated heterocycles. The van der Waals surface area contributed by atoms with Crippen LogP contribution in [0.25, 0.3) is 0 Å². The lowest BCUT2D eigenvalue weighted by Gasteiger charge is -2.38. The van der Waals surface area contributed by atoms with Gasteiger partial charge in [0.15, 0.2) is 0 Å². The van der Waals surface area contributed by atoms with Gasteiger partial charge in [-0.1, -0.05) is 6.92 Å². The van der Waals surface area contributed by atoms with E-state index in [0.29, 0.717) is 22.7 Å². The molecule has 1 aromatic heterocycles. The van der Waals surface area contributed by atoms with Gasteiger partial charge in [-0.2, -0.15) is 0 Å². The molecule has 3 heterocycles. The van der Waals surface area contributed by atoms with E-state index >= 15 is 0 Å². The first-order valence-electron chi connectivity index (χ1n) is 7.48. The van der Waals surface area contributed by atoms with Gasteiger partial charge in [0.25, 0.3) is 17.7 Å². The predicted octanol–water partition coefficient (Wildman–Crippen LogP) is 1.36. The van der Waals surface area contributed by atoms with Gasteiger partial charge in [0.1, 0.15) is 10.5 Å². The average molecular weight is 335 g/mol. The minimum atomic E-state index is -1.33. The van der Waals surface area contributed by atoms with Crippen LogP contribution < -0.4 is 10.6 Å². The summed E-state index contributed by atoms with van der Waals surface area (Å²) in [5.41, 5.74) is -0.676. The van der Waals surface area contributed by atoms with E-state index in [1.165, 1.54) is 18.3 Å². The zero-order valence-electron chi connectivity index (χ0n) is 12.9. The number of nitrogens with zero attached hydrogens (tertiary/aromatic N) is 1. The fraction of sp³-hybridized carbons (Fsp3) is 0.467. The Bertz CT molecular complexity index is 726. The van der Waals surface area contributed by atoms with Crippen molar-refractivity contribution in [3.63, 3.8) is 0 Å². The van der Waals surface area contributed by atoms with Crippen LogP contribution in [-0.4, -0.2) is 40.6 Å². The van der Waals surface area contributed by atoms with Crippen LogP contribution in [0, 0.1) is 0 Å². The zero-order chi connectivity index (χ0) is 16.8. The van der Waals surface area contributed by atoms with Crippen molar-refractivity contribution in [1.82, 2.24) is 10.2 Å². The molecule has 2 aliphatic rings. The summed E-state index contributed by atoms with van der Waals surface area (Å²) in [7, 11) is 0. The second kappa shape index (κ2) is 5.45. The highest BCUT2D eigenvalue weighted by Crippen LogP contribution is 2.40. The highest BCUT2D eigenvalue weighted by atomic mass is 32.1. The molecule has 1 atom stereocenters. The first-order chi connectivity index (χ1) is 10.9. The van der Waals surface area contributed by atoms with Crippen LogP contribution in [0.1, 0.15) is 53.8 Å². The van der Waals surface area contributed by atoms with Crippen molar-refractivity contribution in [3.8, 4) is 0 Å². The standard InChI is InChI=1S/C15H17N3O4S/c1-3-6-16-11-10-8(7-23-11)12(20)18(13(10)21)15(2)5-4-9(19)17-14(15)22/h7,16H,3-6H2,1-2H3,(H,17,19,22)/t15-/m1/s1. The molecule has 0 bridgehead atoms. The molecule has 122 valence electrons. The van der Waals surface area contributed by atoms with Crippen molar-refractivity contribution < 1.29 is 19.2 Å². The fourth-order valence-electron chi connectivity index (χ4n) is 2.88. The molecule has 2 N–H and O–H groups in total. The van der Waals surface area contributed by atoms with Crippen LogP contribution in [0.2, 0.25) is 0 Å². The maximum atomic E-state index is 12.8. The number of hydrogen-bond acceptors (Lipinski definition) is 6. The number of nitrogens with one attached hydrogen (secondary N) is 2. The van der Waals surface area contributed by atoms with Gasteiger partial charge in [0.05, 0.1) is 11.1 Å². The number of fused-ring (bicyclic) bond motifs is 1. The topological polar surface area (TPSA) is 95.6 Å². The van der Waals surface area contributed by atoms with Crippen molar-refractivity contribution in [2.24, 2.45) is 0 Å². The molecule has 0 aliphatic carbocycles. The summed E-state index contributed by atoms with van der Waals surface area (Å²) in [6.45, 7) is 4.23. The van der Waals surface area contributed by atoms with Gasteiger partial charge in [-0.15, -0.1) is 11.3 Å². The number of anilines is 1. The largest absolute Gasteiger partial charge is 0.376 e. The third-order valence-corrected chi connectivity index (χ3v) is 5.19. The second-order valence-electron chi connectivity index (χ2n) is 5.88. The lowest BCUT2D eigenvalue weighted by molar-refractivity contribution is -0.140. The molecule has 1 aromatic rings. The first-order valence-corrected chi connectivity index (χ1v) is 8.36. The molecule has 8 heteroatoms. The second-order valence-corrected chi connectivity index (χ2v) is 6.76. The Kier molecular flexibility index (Phi) is 3.71. The number of amides is 4. The Morgan fingerprint density at radius 3 is 2.70 bits per heavy atom. The van der Waals surface area contributed by atoms with Gasteiger partial charge in [-0.25, -0.2) is 0 Å². The Hall–Kier alpha value is -2.22. The van der Waals surface area contributed by atoms with Gasteiger partial charge < -0.3 is 5.32 Å². The number of carbonyl (C=O) groups excluding carboxylic acids is 4. The summed E-state index contributed by atoms with van der Waals surface area (Å²) in [4.78, 5) is 50.0. The quantitative estimate of drug-likeness (QED) is 0.810. The van der Waals surface area contributed by atoms with Crippen LogP contribution in [0.5, 0.6) is 0 Å². The Labute approximate surface area is 137 Å². The molecule has 1 fully saturated rings. The average Bonchev–Trinajstić information content (AvgIpc) is 3.03. The summed E-state index contributed by atoms with van der Waals surface area (Å²) in [5.74, 6) is -1.94. The third-order valence-electron chi connectivity index (χ3n) is 4.25. The summed E-state index contributed by atoms with van der Waals surface area (Å²) in [6.07, 6.45) is 1.13. The highest BCUT2D eigenvalue weighted by molar-refractivity contribution is 7.15. The normalized spacial score (nSPS) is 24.0. The van der Waals surface area contributed by atoms with E-state index in [1.54, 1.807) is 5.38 Å². The number of thiophene rings is 1. The maximum Gasteiger partial charge on any atom is 0.265 e. The predicted molar refractivity (Wildman–Crippen MR) is 84.4 cm³/mol. The van der Waals surface area contributed by atoms with E-state index in [9.17, 15) is 19.2 Å². The van der Waals surface area contributed by atoms with Gasteiger partial charge >= 0.3 is 0 Å². The molecule has 0 radical (unpaired) electrons. The summed E-state index contributed by atoms with van der Waals surface area (Å²) >= 11 is 1.31. The number of rotatable bonds is 4. The lowest BCUT2D eigenvalue weighted by atomic mass is 9.89. The van der Waals surface area contributed by atoms with Crippen molar-refractivity contribution in [2.45, 2.75) is 38.6 Å². The number of carbonyl (C=O) groups is 4. The summed E-state index contributed by atoms with van der Waals surface area (Å²) < 4.78 is 0. The number of piperidine rings is 1. The molecule has 0 saturated carbocycles. The summed E-state index contributed by atoms with van der Waals surface area (Å²) in [5, 5.41) is 7.66. The molecule has 0 aromatic carbocycles. The molecular weight excluding hydrogens is 318 g/mol. The van der Waals surface area contributed by atoms with E-state index in [1.807, 2.05) is 6.92 Å². The lowest BCUT2D eigenvalue weighted by Crippen LogP contribution is -2.62. The SMILES string of the molecule is CCCNc1scc2c1C(=O)N([C@]1(C)CCC(=O)NC1=O)C2=O. The van der Waals surface area contributed by atoms with E-state index in [0.717, 1.165) is 11.3 Å². The van der Waals surface area contributed by atoms with Crippen LogP contribution in [-0.2, 0) is 9.59 Å². The molecular formula is C15H17N3O4S.